The molecular weight excluding hydrogens is 470 g/mol. The van der Waals surface area contributed by atoms with Crippen LogP contribution in [0.3, 0.4) is 0 Å². The molecule has 0 radical (unpaired) electrons. The highest BCUT2D eigenvalue weighted by Crippen LogP contribution is 2.31. The SMILES string of the molecule is COc1ccc(S(=O)(=O)N2CCC[C@@H]2C(=O)Nc2ccc(-c3nc4ccccc4s3)cc2)cc1. The van der Waals surface area contributed by atoms with Crippen molar-refractivity contribution in [2.75, 3.05) is 19.0 Å². The van der Waals surface area contributed by atoms with Gasteiger partial charge in [-0.05, 0) is 73.5 Å². The van der Waals surface area contributed by atoms with Gasteiger partial charge in [-0.2, -0.15) is 4.31 Å². The van der Waals surface area contributed by atoms with Crippen LogP contribution >= 0.6 is 11.3 Å². The Kier molecular flexibility index (Phi) is 6.07. The highest BCUT2D eigenvalue weighted by atomic mass is 32.2. The summed E-state index contributed by atoms with van der Waals surface area (Å²) in [6, 6.07) is 20.9. The van der Waals surface area contributed by atoms with Gasteiger partial charge in [-0.25, -0.2) is 13.4 Å². The molecular formula is C25H23N3O4S2. The van der Waals surface area contributed by atoms with Gasteiger partial charge in [0.15, 0.2) is 0 Å². The predicted molar refractivity (Wildman–Crippen MR) is 134 cm³/mol. The summed E-state index contributed by atoms with van der Waals surface area (Å²) in [5.41, 5.74) is 2.53. The molecule has 0 unspecified atom stereocenters. The van der Waals surface area contributed by atoms with Gasteiger partial charge in [0.25, 0.3) is 0 Å². The number of hydrogen-bond acceptors (Lipinski definition) is 6. The smallest absolute Gasteiger partial charge is 0.243 e. The van der Waals surface area contributed by atoms with Gasteiger partial charge in [0.2, 0.25) is 15.9 Å². The van der Waals surface area contributed by atoms with Crippen molar-refractivity contribution in [1.82, 2.24) is 9.29 Å². The van der Waals surface area contributed by atoms with Crippen LogP contribution in [0.1, 0.15) is 12.8 Å². The fraction of sp³-hybridized carbons (Fsp3) is 0.200. The lowest BCUT2D eigenvalue weighted by atomic mass is 10.2. The molecule has 174 valence electrons. The van der Waals surface area contributed by atoms with Crippen LogP contribution in [0.4, 0.5) is 5.69 Å². The van der Waals surface area contributed by atoms with Gasteiger partial charge >= 0.3 is 0 Å². The first-order chi connectivity index (χ1) is 16.5. The van der Waals surface area contributed by atoms with Crippen LogP contribution < -0.4 is 10.1 Å². The van der Waals surface area contributed by atoms with E-state index in [9.17, 15) is 13.2 Å². The minimum Gasteiger partial charge on any atom is -0.497 e. The first-order valence-electron chi connectivity index (χ1n) is 10.9. The van der Waals surface area contributed by atoms with E-state index in [4.69, 9.17) is 4.74 Å². The van der Waals surface area contributed by atoms with E-state index in [1.807, 2.05) is 48.5 Å². The quantitative estimate of drug-likeness (QED) is 0.418. The number of methoxy groups -OCH3 is 1. The van der Waals surface area contributed by atoms with Crippen LogP contribution in [0.15, 0.2) is 77.7 Å². The number of para-hydroxylation sites is 1. The number of benzene rings is 3. The average Bonchev–Trinajstić information content (AvgIpc) is 3.52. The number of aromatic nitrogens is 1. The molecule has 1 amide bonds. The summed E-state index contributed by atoms with van der Waals surface area (Å²) in [6.45, 7) is 0.309. The number of hydrogen-bond donors (Lipinski definition) is 1. The highest BCUT2D eigenvalue weighted by molar-refractivity contribution is 7.89. The van der Waals surface area contributed by atoms with Crippen molar-refractivity contribution in [3.63, 3.8) is 0 Å². The molecule has 0 aliphatic carbocycles. The first kappa shape index (κ1) is 22.5. The number of nitrogens with zero attached hydrogens (tertiary/aromatic N) is 2. The molecule has 1 atom stereocenters. The van der Waals surface area contributed by atoms with E-state index in [2.05, 4.69) is 10.3 Å². The number of anilines is 1. The van der Waals surface area contributed by atoms with E-state index >= 15 is 0 Å². The molecule has 1 N–H and O–H groups in total. The molecule has 34 heavy (non-hydrogen) atoms. The van der Waals surface area contributed by atoms with Crippen molar-refractivity contribution in [3.05, 3.63) is 72.8 Å². The van der Waals surface area contributed by atoms with Crippen molar-refractivity contribution in [3.8, 4) is 16.3 Å². The topological polar surface area (TPSA) is 88.6 Å². The monoisotopic (exact) mass is 493 g/mol. The third-order valence-electron chi connectivity index (χ3n) is 5.87. The molecule has 4 aromatic rings. The number of sulfonamides is 1. The highest BCUT2D eigenvalue weighted by Gasteiger charge is 2.39. The molecule has 7 nitrogen and oxygen atoms in total. The average molecular weight is 494 g/mol. The fourth-order valence-corrected chi connectivity index (χ4v) is 6.72. The van der Waals surface area contributed by atoms with Gasteiger partial charge in [-0.15, -0.1) is 11.3 Å². The fourth-order valence-electron chi connectivity index (χ4n) is 4.09. The molecule has 0 spiro atoms. The van der Waals surface area contributed by atoms with Crippen molar-refractivity contribution in [1.29, 1.82) is 0 Å². The molecule has 0 bridgehead atoms. The van der Waals surface area contributed by atoms with Gasteiger partial charge in [-0.3, -0.25) is 4.79 Å². The number of ether oxygens (including phenoxy) is 1. The van der Waals surface area contributed by atoms with Crippen molar-refractivity contribution < 1.29 is 17.9 Å². The standard InChI is InChI=1S/C25H23N3O4S2/c1-32-19-12-14-20(15-13-19)34(30,31)28-16-4-6-22(28)24(29)26-18-10-8-17(9-11-18)25-27-21-5-2-3-7-23(21)33-25/h2-3,5,7-15,22H,4,6,16H2,1H3,(H,26,29)/t22-/m1/s1. The summed E-state index contributed by atoms with van der Waals surface area (Å²) >= 11 is 1.61. The van der Waals surface area contributed by atoms with Crippen LogP contribution in [-0.2, 0) is 14.8 Å². The minimum absolute atomic E-state index is 0.146. The zero-order valence-corrected chi connectivity index (χ0v) is 20.1. The normalized spacial score (nSPS) is 16.6. The summed E-state index contributed by atoms with van der Waals surface area (Å²) < 4.78 is 33.9. The van der Waals surface area contributed by atoms with Gasteiger partial charge in [0.1, 0.15) is 16.8 Å². The number of carbonyl (C=O) groups excluding carboxylic acids is 1. The zero-order chi connectivity index (χ0) is 23.7. The Hall–Kier alpha value is -3.27. The van der Waals surface area contributed by atoms with Crippen molar-refractivity contribution >= 4 is 43.2 Å². The van der Waals surface area contributed by atoms with Crippen LogP contribution in [0.25, 0.3) is 20.8 Å². The van der Waals surface area contributed by atoms with E-state index in [0.29, 0.717) is 30.8 Å². The Balaban J connectivity index is 1.31. The Bertz CT molecular complexity index is 1400. The Morgan fingerprint density at radius 3 is 2.50 bits per heavy atom. The summed E-state index contributed by atoms with van der Waals surface area (Å²) in [7, 11) is -2.27. The van der Waals surface area contributed by atoms with E-state index in [-0.39, 0.29) is 10.8 Å². The zero-order valence-electron chi connectivity index (χ0n) is 18.5. The summed E-state index contributed by atoms with van der Waals surface area (Å²) in [5.74, 6) is 0.242. The second kappa shape index (κ2) is 9.17. The molecule has 1 saturated heterocycles. The molecule has 3 aromatic carbocycles. The van der Waals surface area contributed by atoms with Crippen LogP contribution in [-0.4, -0.2) is 43.3 Å². The molecule has 5 rings (SSSR count). The number of amides is 1. The Morgan fingerprint density at radius 1 is 1.06 bits per heavy atom. The maximum Gasteiger partial charge on any atom is 0.243 e. The molecule has 9 heteroatoms. The lowest BCUT2D eigenvalue weighted by Crippen LogP contribution is -2.43. The third-order valence-corrected chi connectivity index (χ3v) is 8.87. The number of nitrogens with one attached hydrogen (secondary N) is 1. The first-order valence-corrected chi connectivity index (χ1v) is 13.1. The molecule has 1 fully saturated rings. The molecule has 0 saturated carbocycles. The predicted octanol–water partition coefficient (Wildman–Crippen LogP) is 4.76. The third kappa shape index (κ3) is 4.29. The lowest BCUT2D eigenvalue weighted by molar-refractivity contribution is -0.119. The molecule has 1 aromatic heterocycles. The molecule has 1 aliphatic heterocycles. The summed E-state index contributed by atoms with van der Waals surface area (Å²) in [4.78, 5) is 17.8. The number of carbonyl (C=O) groups is 1. The van der Waals surface area contributed by atoms with Gasteiger partial charge < -0.3 is 10.1 Å². The molecule has 1 aliphatic rings. The minimum atomic E-state index is -3.80. The number of fused-ring (bicyclic) bond motifs is 1. The lowest BCUT2D eigenvalue weighted by Gasteiger charge is -2.23. The summed E-state index contributed by atoms with van der Waals surface area (Å²) in [6.07, 6.45) is 1.11. The van der Waals surface area contributed by atoms with E-state index in [1.54, 1.807) is 23.5 Å². The summed E-state index contributed by atoms with van der Waals surface area (Å²) in [5, 5.41) is 3.79. The van der Waals surface area contributed by atoms with Crippen molar-refractivity contribution in [2.45, 2.75) is 23.8 Å². The van der Waals surface area contributed by atoms with Gasteiger partial charge in [-0.1, -0.05) is 12.1 Å². The van der Waals surface area contributed by atoms with E-state index in [0.717, 1.165) is 20.8 Å². The number of rotatable bonds is 6. The largest absolute Gasteiger partial charge is 0.497 e. The van der Waals surface area contributed by atoms with Crippen LogP contribution in [0.5, 0.6) is 5.75 Å². The molecule has 2 heterocycles. The van der Waals surface area contributed by atoms with Crippen LogP contribution in [0.2, 0.25) is 0 Å². The van der Waals surface area contributed by atoms with Crippen LogP contribution in [0, 0.1) is 0 Å². The van der Waals surface area contributed by atoms with Gasteiger partial charge in [0, 0.05) is 17.8 Å². The number of thiazole rings is 1. The Morgan fingerprint density at radius 2 is 1.79 bits per heavy atom. The Labute approximate surface area is 202 Å². The van der Waals surface area contributed by atoms with Crippen molar-refractivity contribution in [2.24, 2.45) is 0 Å². The maximum atomic E-state index is 13.2. The second-order valence-corrected chi connectivity index (χ2v) is 10.9. The van der Waals surface area contributed by atoms with Gasteiger partial charge in [0.05, 0.1) is 22.2 Å². The maximum absolute atomic E-state index is 13.2. The van der Waals surface area contributed by atoms with E-state index < -0.39 is 16.1 Å². The second-order valence-electron chi connectivity index (χ2n) is 8.00. The van der Waals surface area contributed by atoms with E-state index in [1.165, 1.54) is 23.5 Å².